The SMILES string of the molecule is Cl.Cn1c(NCCC(N)c2ccccc2)nc(-c2ncccc2N)c(-c2ccc(F)cc2)c1=O. The Kier molecular flexibility index (Phi) is 7.99. The summed E-state index contributed by atoms with van der Waals surface area (Å²) in [5.41, 5.74) is 15.1. The Hall–Kier alpha value is -3.75. The lowest BCUT2D eigenvalue weighted by atomic mass is 10.0. The van der Waals surface area contributed by atoms with E-state index in [4.69, 9.17) is 16.5 Å². The zero-order valence-corrected chi connectivity index (χ0v) is 19.4. The number of nitrogens with zero attached hydrogens (tertiary/aromatic N) is 3. The first kappa shape index (κ1) is 24.9. The summed E-state index contributed by atoms with van der Waals surface area (Å²) in [6, 6.07) is 18.8. The number of anilines is 2. The van der Waals surface area contributed by atoms with Gasteiger partial charge in [-0.1, -0.05) is 42.5 Å². The molecule has 4 rings (SSSR count). The van der Waals surface area contributed by atoms with Gasteiger partial charge in [-0.3, -0.25) is 14.3 Å². The molecule has 0 bridgehead atoms. The smallest absolute Gasteiger partial charge is 0.263 e. The second kappa shape index (κ2) is 10.9. The van der Waals surface area contributed by atoms with Gasteiger partial charge in [0.1, 0.15) is 17.2 Å². The fourth-order valence-corrected chi connectivity index (χ4v) is 3.63. The number of nitrogen functional groups attached to an aromatic ring is 1. The maximum atomic E-state index is 13.5. The summed E-state index contributed by atoms with van der Waals surface area (Å²) in [5.74, 6) is -0.0262. The van der Waals surface area contributed by atoms with E-state index >= 15 is 0 Å². The monoisotopic (exact) mass is 480 g/mol. The first-order valence-electron chi connectivity index (χ1n) is 10.6. The Balaban J connectivity index is 0.00000324. The van der Waals surface area contributed by atoms with Crippen molar-refractivity contribution >= 4 is 24.0 Å². The number of pyridine rings is 1. The van der Waals surface area contributed by atoms with Gasteiger partial charge in [-0.05, 0) is 41.8 Å². The molecule has 7 nitrogen and oxygen atoms in total. The van der Waals surface area contributed by atoms with Crippen molar-refractivity contribution < 1.29 is 4.39 Å². The summed E-state index contributed by atoms with van der Waals surface area (Å²) in [6.45, 7) is 0.503. The topological polar surface area (TPSA) is 112 Å². The van der Waals surface area contributed by atoms with Gasteiger partial charge in [-0.15, -0.1) is 12.4 Å². The minimum Gasteiger partial charge on any atom is -0.397 e. The highest BCUT2D eigenvalue weighted by Crippen LogP contribution is 2.31. The third-order valence-corrected chi connectivity index (χ3v) is 5.45. The predicted molar refractivity (Wildman–Crippen MR) is 136 cm³/mol. The van der Waals surface area contributed by atoms with Gasteiger partial charge in [0.2, 0.25) is 5.95 Å². The van der Waals surface area contributed by atoms with Gasteiger partial charge in [-0.25, -0.2) is 9.37 Å². The minimum absolute atomic E-state index is 0. The summed E-state index contributed by atoms with van der Waals surface area (Å²) >= 11 is 0. The molecule has 0 aliphatic carbocycles. The molecule has 0 saturated carbocycles. The van der Waals surface area contributed by atoms with Crippen LogP contribution in [0.3, 0.4) is 0 Å². The van der Waals surface area contributed by atoms with E-state index in [1.54, 1.807) is 37.5 Å². The van der Waals surface area contributed by atoms with Gasteiger partial charge in [0.25, 0.3) is 5.56 Å². The lowest BCUT2D eigenvalue weighted by molar-refractivity contribution is 0.628. The largest absolute Gasteiger partial charge is 0.397 e. The summed E-state index contributed by atoms with van der Waals surface area (Å²) < 4.78 is 14.9. The van der Waals surface area contributed by atoms with Crippen LogP contribution >= 0.6 is 12.4 Å². The maximum Gasteiger partial charge on any atom is 0.263 e. The van der Waals surface area contributed by atoms with Gasteiger partial charge in [0.05, 0.1) is 11.3 Å². The summed E-state index contributed by atoms with van der Waals surface area (Å²) in [4.78, 5) is 22.5. The Labute approximate surface area is 203 Å². The number of rotatable bonds is 7. The third kappa shape index (κ3) is 5.24. The second-order valence-corrected chi connectivity index (χ2v) is 7.70. The van der Waals surface area contributed by atoms with Crippen molar-refractivity contribution in [2.45, 2.75) is 12.5 Å². The number of benzene rings is 2. The quantitative estimate of drug-likeness (QED) is 0.366. The number of aromatic nitrogens is 3. The average Bonchev–Trinajstić information content (AvgIpc) is 2.83. The van der Waals surface area contributed by atoms with E-state index in [0.29, 0.717) is 47.1 Å². The molecule has 0 aliphatic rings. The summed E-state index contributed by atoms with van der Waals surface area (Å²) in [6.07, 6.45) is 2.23. The Bertz CT molecular complexity index is 1310. The molecule has 0 radical (unpaired) electrons. The van der Waals surface area contributed by atoms with E-state index in [2.05, 4.69) is 10.3 Å². The molecule has 9 heteroatoms. The molecule has 0 spiro atoms. The highest BCUT2D eigenvalue weighted by atomic mass is 35.5. The highest BCUT2D eigenvalue weighted by Gasteiger charge is 2.20. The molecular formula is C25H26ClFN6O. The van der Waals surface area contributed by atoms with Crippen molar-refractivity contribution in [3.8, 4) is 22.5 Å². The number of halogens is 2. The fourth-order valence-electron chi connectivity index (χ4n) is 3.63. The Morgan fingerprint density at radius 3 is 2.41 bits per heavy atom. The first-order valence-corrected chi connectivity index (χ1v) is 10.6. The highest BCUT2D eigenvalue weighted by molar-refractivity contribution is 5.85. The van der Waals surface area contributed by atoms with Gasteiger partial charge in [0.15, 0.2) is 0 Å². The zero-order chi connectivity index (χ0) is 23.4. The van der Waals surface area contributed by atoms with E-state index in [-0.39, 0.29) is 24.0 Å². The lowest BCUT2D eigenvalue weighted by Gasteiger charge is -2.17. The Morgan fingerprint density at radius 2 is 1.74 bits per heavy atom. The van der Waals surface area contributed by atoms with Gasteiger partial charge < -0.3 is 16.8 Å². The van der Waals surface area contributed by atoms with E-state index in [1.807, 2.05) is 30.3 Å². The second-order valence-electron chi connectivity index (χ2n) is 7.70. The molecule has 2 heterocycles. The van der Waals surface area contributed by atoms with Crippen molar-refractivity contribution in [3.63, 3.8) is 0 Å². The van der Waals surface area contributed by atoms with Crippen molar-refractivity contribution in [2.24, 2.45) is 12.8 Å². The van der Waals surface area contributed by atoms with E-state index in [1.165, 1.54) is 16.7 Å². The average molecular weight is 481 g/mol. The minimum atomic E-state index is -0.393. The lowest BCUT2D eigenvalue weighted by Crippen LogP contribution is -2.26. The molecule has 1 unspecified atom stereocenters. The van der Waals surface area contributed by atoms with Gasteiger partial charge in [0, 0.05) is 25.8 Å². The molecule has 0 fully saturated rings. The summed E-state index contributed by atoms with van der Waals surface area (Å²) in [5, 5.41) is 3.22. The Morgan fingerprint density at radius 1 is 1.03 bits per heavy atom. The first-order chi connectivity index (χ1) is 16.0. The number of nitrogens with two attached hydrogens (primary N) is 2. The normalized spacial score (nSPS) is 11.5. The van der Waals surface area contributed by atoms with Crippen LogP contribution in [0.2, 0.25) is 0 Å². The third-order valence-electron chi connectivity index (χ3n) is 5.45. The predicted octanol–water partition coefficient (Wildman–Crippen LogP) is 4.15. The zero-order valence-electron chi connectivity index (χ0n) is 18.6. The summed E-state index contributed by atoms with van der Waals surface area (Å²) in [7, 11) is 1.63. The van der Waals surface area contributed by atoms with Crippen LogP contribution in [0.5, 0.6) is 0 Å². The van der Waals surface area contributed by atoms with Crippen LogP contribution in [0, 0.1) is 5.82 Å². The fraction of sp³-hybridized carbons (Fsp3) is 0.160. The van der Waals surface area contributed by atoms with E-state index in [9.17, 15) is 9.18 Å². The van der Waals surface area contributed by atoms with Crippen molar-refractivity contribution in [2.75, 3.05) is 17.6 Å². The standard InChI is InChI=1S/C25H25FN6O.ClH/c1-32-24(33)21(17-9-11-18(26)12-10-17)23(22-20(28)8-5-14-29-22)31-25(32)30-15-13-19(27)16-6-3-2-4-7-16;/h2-12,14,19H,13,15,27-28H2,1H3,(H,30,31);1H. The molecule has 176 valence electrons. The van der Waals surface area contributed by atoms with Crippen LogP contribution in [0.4, 0.5) is 16.0 Å². The van der Waals surface area contributed by atoms with Crippen LogP contribution in [-0.2, 0) is 7.05 Å². The van der Waals surface area contributed by atoms with Crippen LogP contribution in [0.1, 0.15) is 18.0 Å². The molecule has 4 aromatic rings. The molecule has 2 aromatic heterocycles. The number of nitrogens with one attached hydrogen (secondary N) is 1. The molecule has 0 saturated heterocycles. The molecule has 2 aromatic carbocycles. The number of hydrogen-bond donors (Lipinski definition) is 3. The van der Waals surface area contributed by atoms with E-state index < -0.39 is 5.82 Å². The van der Waals surface area contributed by atoms with Crippen molar-refractivity contribution in [3.05, 3.63) is 94.7 Å². The van der Waals surface area contributed by atoms with Crippen molar-refractivity contribution in [1.82, 2.24) is 14.5 Å². The molecule has 0 amide bonds. The maximum absolute atomic E-state index is 13.5. The van der Waals surface area contributed by atoms with Crippen LogP contribution in [0.15, 0.2) is 77.7 Å². The van der Waals surface area contributed by atoms with Gasteiger partial charge >= 0.3 is 0 Å². The molecular weight excluding hydrogens is 455 g/mol. The van der Waals surface area contributed by atoms with Crippen LogP contribution in [0.25, 0.3) is 22.5 Å². The van der Waals surface area contributed by atoms with Crippen molar-refractivity contribution in [1.29, 1.82) is 0 Å². The molecule has 5 N–H and O–H groups in total. The molecule has 0 aliphatic heterocycles. The number of hydrogen-bond acceptors (Lipinski definition) is 6. The molecule has 34 heavy (non-hydrogen) atoms. The van der Waals surface area contributed by atoms with Crippen LogP contribution in [-0.4, -0.2) is 21.1 Å². The molecule has 1 atom stereocenters. The van der Waals surface area contributed by atoms with Crippen LogP contribution < -0.4 is 22.3 Å². The van der Waals surface area contributed by atoms with E-state index in [0.717, 1.165) is 5.56 Å². The van der Waals surface area contributed by atoms with Gasteiger partial charge in [-0.2, -0.15) is 0 Å².